The first-order chi connectivity index (χ1) is 8.74. The second kappa shape index (κ2) is 5.58. The van der Waals surface area contributed by atoms with Crippen molar-refractivity contribution in [1.82, 2.24) is 5.32 Å². The third-order valence-electron chi connectivity index (χ3n) is 2.79. The summed E-state index contributed by atoms with van der Waals surface area (Å²) in [6, 6.07) is 5.88. The number of hydrogen-bond donors (Lipinski definition) is 1. The summed E-state index contributed by atoms with van der Waals surface area (Å²) in [6.07, 6.45) is 5.39. The van der Waals surface area contributed by atoms with Crippen molar-refractivity contribution in [2.45, 2.75) is 18.9 Å². The third-order valence-corrected chi connectivity index (χ3v) is 2.79. The molecule has 0 bridgehead atoms. The van der Waals surface area contributed by atoms with Gasteiger partial charge in [-0.05, 0) is 31.1 Å². The lowest BCUT2D eigenvalue weighted by atomic mass is 10.1. The molecular formula is C14H17NO3. The van der Waals surface area contributed by atoms with Gasteiger partial charge in [0.25, 0.3) is 0 Å². The van der Waals surface area contributed by atoms with Gasteiger partial charge < -0.3 is 14.8 Å². The summed E-state index contributed by atoms with van der Waals surface area (Å²) in [5.41, 5.74) is 0.772. The van der Waals surface area contributed by atoms with Crippen LogP contribution in [0.2, 0.25) is 0 Å². The van der Waals surface area contributed by atoms with E-state index in [0.717, 1.165) is 18.4 Å². The minimum absolute atomic E-state index is 0.0783. The second-order valence-electron chi connectivity index (χ2n) is 4.19. The number of carbonyl (C=O) groups is 1. The van der Waals surface area contributed by atoms with Gasteiger partial charge in [0.2, 0.25) is 5.91 Å². The van der Waals surface area contributed by atoms with Crippen LogP contribution in [0.4, 0.5) is 0 Å². The van der Waals surface area contributed by atoms with Crippen molar-refractivity contribution in [3.05, 3.63) is 29.8 Å². The lowest BCUT2D eigenvalue weighted by Gasteiger charge is -2.09. The van der Waals surface area contributed by atoms with Gasteiger partial charge >= 0.3 is 0 Å². The minimum atomic E-state index is -0.0783. The molecule has 0 aliphatic heterocycles. The molecule has 0 radical (unpaired) electrons. The predicted molar refractivity (Wildman–Crippen MR) is 69.7 cm³/mol. The van der Waals surface area contributed by atoms with Gasteiger partial charge in [-0.25, -0.2) is 0 Å². The maximum Gasteiger partial charge on any atom is 0.244 e. The monoisotopic (exact) mass is 247 g/mol. The van der Waals surface area contributed by atoms with Crippen LogP contribution < -0.4 is 14.8 Å². The highest BCUT2D eigenvalue weighted by atomic mass is 16.5. The van der Waals surface area contributed by atoms with E-state index in [1.165, 1.54) is 6.08 Å². The van der Waals surface area contributed by atoms with Crippen molar-refractivity contribution < 1.29 is 14.3 Å². The van der Waals surface area contributed by atoms with E-state index >= 15 is 0 Å². The number of nitrogens with one attached hydrogen (secondary N) is 1. The van der Waals surface area contributed by atoms with Crippen molar-refractivity contribution in [3.63, 3.8) is 0 Å². The molecule has 0 aromatic heterocycles. The zero-order valence-electron chi connectivity index (χ0n) is 10.6. The Morgan fingerprint density at radius 2 is 1.89 bits per heavy atom. The highest BCUT2D eigenvalue weighted by Crippen LogP contribution is 2.29. The van der Waals surface area contributed by atoms with Gasteiger partial charge in [-0.3, -0.25) is 4.79 Å². The van der Waals surface area contributed by atoms with Crippen LogP contribution in [0.15, 0.2) is 24.3 Å². The normalized spacial score (nSPS) is 14.6. The average molecular weight is 247 g/mol. The van der Waals surface area contributed by atoms with E-state index < -0.39 is 0 Å². The number of benzene rings is 1. The summed E-state index contributed by atoms with van der Waals surface area (Å²) < 4.78 is 10.5. The Bertz CT molecular complexity index is 442. The number of rotatable bonds is 5. The van der Waals surface area contributed by atoms with Crippen LogP contribution in [0.1, 0.15) is 18.4 Å². The first-order valence-corrected chi connectivity index (χ1v) is 5.94. The second-order valence-corrected chi connectivity index (χ2v) is 4.19. The van der Waals surface area contributed by atoms with Crippen molar-refractivity contribution in [2.75, 3.05) is 14.2 Å². The van der Waals surface area contributed by atoms with Crippen LogP contribution in [-0.4, -0.2) is 26.2 Å². The third kappa shape index (κ3) is 3.03. The summed E-state index contributed by atoms with van der Waals surface area (Å²) in [5.74, 6) is 1.29. The predicted octanol–water partition coefficient (Wildman–Crippen LogP) is 2.00. The number of ether oxygens (including phenoxy) is 2. The number of methoxy groups -OCH3 is 2. The van der Waals surface area contributed by atoms with Crippen molar-refractivity contribution in [1.29, 1.82) is 0 Å². The molecule has 4 nitrogen and oxygen atoms in total. The molecule has 0 atom stereocenters. The maximum absolute atomic E-state index is 11.6. The fraction of sp³-hybridized carbons (Fsp3) is 0.357. The van der Waals surface area contributed by atoms with Crippen LogP contribution in [0.3, 0.4) is 0 Å². The summed E-state index contributed by atoms with van der Waals surface area (Å²) >= 11 is 0. The quantitative estimate of drug-likeness (QED) is 0.809. The van der Waals surface area contributed by atoms with E-state index in [2.05, 4.69) is 5.32 Å². The lowest BCUT2D eigenvalue weighted by Crippen LogP contribution is -2.22. The Morgan fingerprint density at radius 3 is 2.39 bits per heavy atom. The van der Waals surface area contributed by atoms with Crippen molar-refractivity contribution in [3.8, 4) is 11.5 Å². The Labute approximate surface area is 107 Å². The average Bonchev–Trinajstić information content (AvgIpc) is 3.19. The summed E-state index contributed by atoms with van der Waals surface area (Å²) in [6.45, 7) is 0. The lowest BCUT2D eigenvalue weighted by molar-refractivity contribution is -0.116. The minimum Gasteiger partial charge on any atom is -0.496 e. The molecule has 0 saturated heterocycles. The Morgan fingerprint density at radius 1 is 1.28 bits per heavy atom. The molecule has 0 spiro atoms. The molecule has 1 fully saturated rings. The van der Waals surface area contributed by atoms with Crippen molar-refractivity contribution >= 4 is 12.0 Å². The molecule has 1 amide bonds. The van der Waals surface area contributed by atoms with Gasteiger partial charge in [0, 0.05) is 12.1 Å². The summed E-state index contributed by atoms with van der Waals surface area (Å²) in [5, 5.41) is 2.89. The molecule has 0 heterocycles. The molecule has 1 aromatic rings. The SMILES string of the molecule is COc1cccc(OC)c1/C=C/C(=O)NC1CC1. The van der Waals surface area contributed by atoms with Gasteiger partial charge in [-0.2, -0.15) is 0 Å². The topological polar surface area (TPSA) is 47.6 Å². The largest absolute Gasteiger partial charge is 0.496 e. The molecule has 1 N–H and O–H groups in total. The molecule has 18 heavy (non-hydrogen) atoms. The molecule has 0 unspecified atom stereocenters. The first kappa shape index (κ1) is 12.5. The molecule has 1 aromatic carbocycles. The van der Waals surface area contributed by atoms with Gasteiger partial charge in [0.05, 0.1) is 19.8 Å². The zero-order valence-corrected chi connectivity index (χ0v) is 10.6. The number of carbonyl (C=O) groups excluding carboxylic acids is 1. The van der Waals surface area contributed by atoms with Gasteiger partial charge in [-0.15, -0.1) is 0 Å². The number of hydrogen-bond acceptors (Lipinski definition) is 3. The molecule has 1 saturated carbocycles. The summed E-state index contributed by atoms with van der Waals surface area (Å²) in [4.78, 5) is 11.6. The van der Waals surface area contributed by atoms with E-state index in [9.17, 15) is 4.79 Å². The van der Waals surface area contributed by atoms with Gasteiger partial charge in [0.15, 0.2) is 0 Å². The molecule has 4 heteroatoms. The van der Waals surface area contributed by atoms with Crippen LogP contribution in [0.5, 0.6) is 11.5 Å². The smallest absolute Gasteiger partial charge is 0.244 e. The number of amides is 1. The molecule has 1 aliphatic carbocycles. The standard InChI is InChI=1S/C14H17NO3/c1-17-12-4-3-5-13(18-2)11(12)8-9-14(16)15-10-6-7-10/h3-5,8-10H,6-7H2,1-2H3,(H,15,16)/b9-8+. The fourth-order valence-electron chi connectivity index (χ4n) is 1.68. The van der Waals surface area contributed by atoms with E-state index in [0.29, 0.717) is 17.5 Å². The van der Waals surface area contributed by atoms with E-state index in [-0.39, 0.29) is 5.91 Å². The van der Waals surface area contributed by atoms with E-state index in [4.69, 9.17) is 9.47 Å². The van der Waals surface area contributed by atoms with E-state index in [1.807, 2.05) is 18.2 Å². The molecule has 1 aliphatic rings. The fourth-order valence-corrected chi connectivity index (χ4v) is 1.68. The maximum atomic E-state index is 11.6. The Hall–Kier alpha value is -1.97. The Balaban J connectivity index is 2.15. The van der Waals surface area contributed by atoms with Gasteiger partial charge in [0.1, 0.15) is 11.5 Å². The van der Waals surface area contributed by atoms with Crippen molar-refractivity contribution in [2.24, 2.45) is 0 Å². The molecule has 2 rings (SSSR count). The molecule has 96 valence electrons. The van der Waals surface area contributed by atoms with Crippen LogP contribution in [0.25, 0.3) is 6.08 Å². The first-order valence-electron chi connectivity index (χ1n) is 5.94. The van der Waals surface area contributed by atoms with Gasteiger partial charge in [-0.1, -0.05) is 6.07 Å². The Kier molecular flexibility index (Phi) is 3.87. The molecular weight excluding hydrogens is 230 g/mol. The summed E-state index contributed by atoms with van der Waals surface area (Å²) in [7, 11) is 3.19. The van der Waals surface area contributed by atoms with Crippen LogP contribution >= 0.6 is 0 Å². The zero-order chi connectivity index (χ0) is 13.0. The highest BCUT2D eigenvalue weighted by molar-refractivity contribution is 5.93. The van der Waals surface area contributed by atoms with Crippen LogP contribution in [-0.2, 0) is 4.79 Å². The van der Waals surface area contributed by atoms with Crippen LogP contribution in [0, 0.1) is 0 Å². The highest BCUT2D eigenvalue weighted by Gasteiger charge is 2.22. The van der Waals surface area contributed by atoms with E-state index in [1.54, 1.807) is 20.3 Å².